The Hall–Kier alpha value is -2.80. The monoisotopic (exact) mass is 388 g/mol. The van der Waals surface area contributed by atoms with E-state index in [4.69, 9.17) is 26.8 Å². The molecular formula is C19H17ClN2O5. The van der Waals surface area contributed by atoms with Gasteiger partial charge in [0.1, 0.15) is 16.7 Å². The van der Waals surface area contributed by atoms with Crippen LogP contribution < -0.4 is 11.1 Å². The second kappa shape index (κ2) is 6.13. The Labute approximate surface area is 160 Å². The van der Waals surface area contributed by atoms with E-state index in [-0.39, 0.29) is 35.8 Å². The average molecular weight is 389 g/mol. The van der Waals surface area contributed by atoms with E-state index in [0.29, 0.717) is 34.9 Å². The number of Topliss-reactive ketones (excluding diaryl/α,β-unsaturated/α-hetero) is 1. The van der Waals surface area contributed by atoms with E-state index in [1.54, 1.807) is 25.1 Å². The van der Waals surface area contributed by atoms with Crippen LogP contribution in [0.3, 0.4) is 0 Å². The van der Waals surface area contributed by atoms with E-state index in [1.165, 1.54) is 0 Å². The molecule has 0 bridgehead atoms. The van der Waals surface area contributed by atoms with Crippen LogP contribution in [0.4, 0.5) is 5.69 Å². The number of allylic oxidation sites excluding steroid dienone is 1. The van der Waals surface area contributed by atoms with Gasteiger partial charge in [-0.05, 0) is 31.5 Å². The fourth-order valence-electron chi connectivity index (χ4n) is 4.06. The topological polar surface area (TPSA) is 108 Å². The Morgan fingerprint density at radius 3 is 2.89 bits per heavy atom. The molecule has 8 heteroatoms. The van der Waals surface area contributed by atoms with Crippen molar-refractivity contribution in [3.05, 3.63) is 51.6 Å². The lowest BCUT2D eigenvalue weighted by Crippen LogP contribution is -2.49. The van der Waals surface area contributed by atoms with Crippen molar-refractivity contribution in [1.29, 1.82) is 0 Å². The van der Waals surface area contributed by atoms with Crippen molar-refractivity contribution < 1.29 is 23.9 Å². The van der Waals surface area contributed by atoms with Crippen LogP contribution in [0, 0.1) is 0 Å². The van der Waals surface area contributed by atoms with Crippen molar-refractivity contribution in [3.8, 4) is 0 Å². The Balaban J connectivity index is 2.08. The summed E-state index contributed by atoms with van der Waals surface area (Å²) < 4.78 is 10.8. The Kier molecular flexibility index (Phi) is 3.99. The molecule has 2 heterocycles. The molecule has 1 aliphatic carbocycles. The Bertz CT molecular complexity index is 965. The molecule has 3 N–H and O–H groups in total. The molecule has 4 rings (SSSR count). The zero-order valence-corrected chi connectivity index (χ0v) is 15.3. The predicted molar refractivity (Wildman–Crippen MR) is 96.6 cm³/mol. The molecule has 7 nitrogen and oxygen atoms in total. The first-order chi connectivity index (χ1) is 12.9. The number of carbonyl (C=O) groups excluding carboxylic acids is 3. The number of hydrogen-bond donors (Lipinski definition) is 2. The maximum absolute atomic E-state index is 13.3. The van der Waals surface area contributed by atoms with Crippen LogP contribution in [0.1, 0.15) is 31.7 Å². The van der Waals surface area contributed by atoms with Gasteiger partial charge in [-0.2, -0.15) is 0 Å². The summed E-state index contributed by atoms with van der Waals surface area (Å²) in [6, 6.07) is 4.82. The quantitative estimate of drug-likeness (QED) is 0.753. The molecular weight excluding hydrogens is 372 g/mol. The van der Waals surface area contributed by atoms with E-state index in [1.807, 2.05) is 0 Å². The minimum atomic E-state index is -1.72. The number of hydrogen-bond acceptors (Lipinski definition) is 6. The summed E-state index contributed by atoms with van der Waals surface area (Å²) in [5.41, 5.74) is 5.18. The van der Waals surface area contributed by atoms with Crippen LogP contribution in [-0.2, 0) is 29.3 Å². The first-order valence-electron chi connectivity index (χ1n) is 8.64. The molecule has 1 aromatic carbocycles. The van der Waals surface area contributed by atoms with Crippen LogP contribution in [0.25, 0.3) is 0 Å². The van der Waals surface area contributed by atoms with Gasteiger partial charge in [0.2, 0.25) is 11.8 Å². The van der Waals surface area contributed by atoms with Gasteiger partial charge in [0.05, 0.1) is 12.2 Å². The number of esters is 1. The number of benzene rings is 1. The van der Waals surface area contributed by atoms with Gasteiger partial charge in [0.15, 0.2) is 5.78 Å². The molecule has 0 aromatic heterocycles. The van der Waals surface area contributed by atoms with Gasteiger partial charge >= 0.3 is 5.97 Å². The minimum absolute atomic E-state index is 0.0789. The summed E-state index contributed by atoms with van der Waals surface area (Å²) in [6.07, 6.45) is 1.28. The summed E-state index contributed by atoms with van der Waals surface area (Å²) in [6.45, 7) is 1.72. The van der Waals surface area contributed by atoms with Crippen molar-refractivity contribution >= 4 is 34.9 Å². The molecule has 140 valence electrons. The fourth-order valence-corrected chi connectivity index (χ4v) is 4.23. The normalized spacial score (nSPS) is 23.8. The van der Waals surface area contributed by atoms with Gasteiger partial charge in [-0.25, -0.2) is 4.79 Å². The highest BCUT2D eigenvalue weighted by molar-refractivity contribution is 6.31. The number of ketones is 1. The maximum atomic E-state index is 13.3. The SMILES string of the molecule is CCOC(=O)C1=C(N)OC2=C(C(=O)CCC2)[C@@]12C(=O)Nc1ccc(Cl)cc12. The molecule has 0 saturated heterocycles. The lowest BCUT2D eigenvalue weighted by atomic mass is 9.65. The average Bonchev–Trinajstić information content (AvgIpc) is 2.87. The number of carbonyl (C=O) groups is 3. The molecule has 1 atom stereocenters. The van der Waals surface area contributed by atoms with Crippen molar-refractivity contribution in [1.82, 2.24) is 0 Å². The van der Waals surface area contributed by atoms with Crippen molar-refractivity contribution in [2.75, 3.05) is 11.9 Å². The van der Waals surface area contributed by atoms with Crippen molar-refractivity contribution in [2.45, 2.75) is 31.6 Å². The number of nitrogens with two attached hydrogens (primary N) is 1. The van der Waals surface area contributed by atoms with Crippen LogP contribution >= 0.6 is 11.6 Å². The second-order valence-corrected chi connectivity index (χ2v) is 6.97. The standard InChI is InChI=1S/C19H17ClN2O5/c1-2-26-17(24)15-16(21)27-13-5-3-4-12(23)14(13)19(15)10-8-9(20)6-7-11(10)22-18(19)25/h6-8H,2-5,21H2,1H3,(H,22,25)/t19-/m1/s1. The molecule has 2 aliphatic heterocycles. The van der Waals surface area contributed by atoms with Gasteiger partial charge in [-0.15, -0.1) is 0 Å². The second-order valence-electron chi connectivity index (χ2n) is 6.53. The third-order valence-electron chi connectivity index (χ3n) is 5.05. The molecule has 3 aliphatic rings. The lowest BCUT2D eigenvalue weighted by molar-refractivity contribution is -0.141. The van der Waals surface area contributed by atoms with Crippen LogP contribution in [0.2, 0.25) is 5.02 Å². The first kappa shape index (κ1) is 17.6. The summed E-state index contributed by atoms with van der Waals surface area (Å²) in [5.74, 6) is -1.52. The number of anilines is 1. The number of nitrogens with one attached hydrogen (secondary N) is 1. The summed E-state index contributed by atoms with van der Waals surface area (Å²) in [4.78, 5) is 39.0. The fraction of sp³-hybridized carbons (Fsp3) is 0.316. The Morgan fingerprint density at radius 1 is 1.37 bits per heavy atom. The summed E-state index contributed by atoms with van der Waals surface area (Å²) >= 11 is 6.18. The highest BCUT2D eigenvalue weighted by Crippen LogP contribution is 2.54. The number of ether oxygens (including phenoxy) is 2. The van der Waals surface area contributed by atoms with Crippen molar-refractivity contribution in [2.24, 2.45) is 5.73 Å². The summed E-state index contributed by atoms with van der Waals surface area (Å²) in [7, 11) is 0. The van der Waals surface area contributed by atoms with Gasteiger partial charge in [0, 0.05) is 29.1 Å². The molecule has 0 saturated carbocycles. The van der Waals surface area contributed by atoms with Gasteiger partial charge < -0.3 is 20.5 Å². The minimum Gasteiger partial charge on any atom is -0.462 e. The van der Waals surface area contributed by atoms with Crippen LogP contribution in [0.15, 0.2) is 41.0 Å². The van der Waals surface area contributed by atoms with Gasteiger partial charge in [-0.3, -0.25) is 9.59 Å². The number of halogens is 1. The molecule has 0 unspecified atom stereocenters. The van der Waals surface area contributed by atoms with E-state index in [0.717, 1.165) is 0 Å². The van der Waals surface area contributed by atoms with Crippen LogP contribution in [0.5, 0.6) is 0 Å². The molecule has 1 spiro atoms. The van der Waals surface area contributed by atoms with E-state index in [9.17, 15) is 14.4 Å². The smallest absolute Gasteiger partial charge is 0.341 e. The zero-order chi connectivity index (χ0) is 19.3. The molecule has 27 heavy (non-hydrogen) atoms. The first-order valence-corrected chi connectivity index (χ1v) is 9.02. The van der Waals surface area contributed by atoms with Gasteiger partial charge in [0.25, 0.3) is 0 Å². The van der Waals surface area contributed by atoms with E-state index < -0.39 is 17.3 Å². The highest BCUT2D eigenvalue weighted by atomic mass is 35.5. The highest BCUT2D eigenvalue weighted by Gasteiger charge is 2.61. The largest absolute Gasteiger partial charge is 0.462 e. The zero-order valence-electron chi connectivity index (χ0n) is 14.6. The number of rotatable bonds is 2. The third kappa shape index (κ3) is 2.31. The molecule has 1 amide bonds. The van der Waals surface area contributed by atoms with E-state index in [2.05, 4.69) is 5.32 Å². The van der Waals surface area contributed by atoms with Crippen molar-refractivity contribution in [3.63, 3.8) is 0 Å². The molecule has 0 fully saturated rings. The lowest BCUT2D eigenvalue weighted by Gasteiger charge is -2.38. The third-order valence-corrected chi connectivity index (χ3v) is 5.28. The number of amides is 1. The van der Waals surface area contributed by atoms with Crippen LogP contribution in [-0.4, -0.2) is 24.3 Å². The maximum Gasteiger partial charge on any atom is 0.341 e. The Morgan fingerprint density at radius 2 is 2.15 bits per heavy atom. The molecule has 0 radical (unpaired) electrons. The van der Waals surface area contributed by atoms with E-state index >= 15 is 0 Å². The predicted octanol–water partition coefficient (Wildman–Crippen LogP) is 2.30. The van der Waals surface area contributed by atoms with Gasteiger partial charge in [-0.1, -0.05) is 11.6 Å². The molecule has 1 aromatic rings. The number of fused-ring (bicyclic) bond motifs is 3. The summed E-state index contributed by atoms with van der Waals surface area (Å²) in [5, 5.41) is 3.11.